The van der Waals surface area contributed by atoms with Crippen LogP contribution in [0.2, 0.25) is 0 Å². The molecule has 0 radical (unpaired) electrons. The molecule has 0 saturated heterocycles. The predicted molar refractivity (Wildman–Crippen MR) is 70.8 cm³/mol. The Hall–Kier alpha value is -1.34. The molecule has 2 aromatic rings. The summed E-state index contributed by atoms with van der Waals surface area (Å²) >= 11 is 4.98. The number of hydrogen-bond acceptors (Lipinski definition) is 4. The molecule has 0 aliphatic carbocycles. The highest BCUT2D eigenvalue weighted by Crippen LogP contribution is 2.22. The average molecular weight is 315 g/mol. The molecule has 17 heavy (non-hydrogen) atoms. The Balaban J connectivity index is 2.08. The first-order chi connectivity index (χ1) is 8.08. The number of nitrogen functional groups attached to an aromatic ring is 1. The lowest BCUT2D eigenvalue weighted by Gasteiger charge is -2.15. The zero-order chi connectivity index (χ0) is 12.4. The van der Waals surface area contributed by atoms with E-state index in [1.54, 1.807) is 23.3 Å². The van der Waals surface area contributed by atoms with E-state index in [9.17, 15) is 4.79 Å². The third-order valence-corrected chi connectivity index (χ3v) is 3.82. The Bertz CT molecular complexity index is 536. The molecule has 7 heteroatoms. The largest absolute Gasteiger partial charge is 0.396 e. The van der Waals surface area contributed by atoms with Crippen LogP contribution in [-0.4, -0.2) is 28.1 Å². The van der Waals surface area contributed by atoms with Crippen LogP contribution in [0.1, 0.15) is 16.1 Å². The van der Waals surface area contributed by atoms with E-state index in [4.69, 9.17) is 5.73 Å². The van der Waals surface area contributed by atoms with Crippen molar-refractivity contribution >= 4 is 38.9 Å². The molecule has 2 aromatic heterocycles. The molecule has 0 aromatic carbocycles. The molecule has 0 saturated carbocycles. The topological polar surface area (TPSA) is 75.0 Å². The first kappa shape index (κ1) is 12.1. The predicted octanol–water partition coefficient (Wildman–Crippen LogP) is 2.09. The van der Waals surface area contributed by atoms with E-state index in [0.29, 0.717) is 17.9 Å². The monoisotopic (exact) mass is 314 g/mol. The lowest BCUT2D eigenvalue weighted by molar-refractivity contribution is 0.0780. The molecule has 0 fully saturated rings. The van der Waals surface area contributed by atoms with Gasteiger partial charge in [-0.05, 0) is 32.9 Å². The summed E-state index contributed by atoms with van der Waals surface area (Å²) in [5, 5.41) is 8.34. The van der Waals surface area contributed by atoms with Gasteiger partial charge < -0.3 is 10.6 Å². The summed E-state index contributed by atoms with van der Waals surface area (Å²) in [5.41, 5.74) is 7.41. The van der Waals surface area contributed by atoms with Crippen molar-refractivity contribution in [2.24, 2.45) is 0 Å². The molecule has 0 unspecified atom stereocenters. The van der Waals surface area contributed by atoms with Crippen molar-refractivity contribution in [2.75, 3.05) is 12.8 Å². The molecular formula is C10H11BrN4OS. The van der Waals surface area contributed by atoms with Gasteiger partial charge in [-0.1, -0.05) is 0 Å². The third-order valence-electron chi connectivity index (χ3n) is 2.27. The number of nitrogens with one attached hydrogen (secondary N) is 1. The second-order valence-electron chi connectivity index (χ2n) is 3.62. The average Bonchev–Trinajstić information content (AvgIpc) is 2.86. The molecule has 2 rings (SSSR count). The first-order valence-electron chi connectivity index (χ1n) is 4.85. The summed E-state index contributed by atoms with van der Waals surface area (Å²) in [7, 11) is 1.73. The van der Waals surface area contributed by atoms with Gasteiger partial charge in [-0.2, -0.15) is 5.10 Å². The zero-order valence-electron chi connectivity index (χ0n) is 9.11. The SMILES string of the molecule is CN(Cc1csc(Br)c1)C(=O)c1[nH]ncc1N. The van der Waals surface area contributed by atoms with Crippen LogP contribution in [0.3, 0.4) is 0 Å². The van der Waals surface area contributed by atoms with Crippen LogP contribution in [-0.2, 0) is 6.54 Å². The molecule has 0 bridgehead atoms. The minimum absolute atomic E-state index is 0.165. The Kier molecular flexibility index (Phi) is 3.49. The van der Waals surface area contributed by atoms with Gasteiger partial charge in [0.25, 0.3) is 5.91 Å². The quantitative estimate of drug-likeness (QED) is 0.911. The molecule has 0 spiro atoms. The number of hydrogen-bond donors (Lipinski definition) is 2. The fraction of sp³-hybridized carbons (Fsp3) is 0.200. The van der Waals surface area contributed by atoms with Gasteiger partial charge in [0.05, 0.1) is 15.7 Å². The maximum absolute atomic E-state index is 12.0. The van der Waals surface area contributed by atoms with Gasteiger partial charge in [0, 0.05) is 13.6 Å². The van der Waals surface area contributed by atoms with Crippen molar-refractivity contribution in [1.82, 2.24) is 15.1 Å². The van der Waals surface area contributed by atoms with Crippen LogP contribution in [0.5, 0.6) is 0 Å². The van der Waals surface area contributed by atoms with Crippen LogP contribution < -0.4 is 5.73 Å². The number of carbonyl (C=O) groups excluding carboxylic acids is 1. The molecule has 2 heterocycles. The van der Waals surface area contributed by atoms with Crippen molar-refractivity contribution in [1.29, 1.82) is 0 Å². The molecule has 0 atom stereocenters. The van der Waals surface area contributed by atoms with Crippen molar-refractivity contribution in [3.63, 3.8) is 0 Å². The number of carbonyl (C=O) groups is 1. The van der Waals surface area contributed by atoms with E-state index < -0.39 is 0 Å². The number of halogens is 1. The van der Waals surface area contributed by atoms with E-state index in [-0.39, 0.29) is 5.91 Å². The van der Waals surface area contributed by atoms with Crippen LogP contribution in [0.25, 0.3) is 0 Å². The van der Waals surface area contributed by atoms with Crippen molar-refractivity contribution in [2.45, 2.75) is 6.54 Å². The van der Waals surface area contributed by atoms with Gasteiger partial charge >= 0.3 is 0 Å². The van der Waals surface area contributed by atoms with Crippen LogP contribution in [0.15, 0.2) is 21.4 Å². The fourth-order valence-electron chi connectivity index (χ4n) is 1.43. The number of anilines is 1. The summed E-state index contributed by atoms with van der Waals surface area (Å²) in [4.78, 5) is 13.6. The Morgan fingerprint density at radius 1 is 1.71 bits per heavy atom. The molecule has 90 valence electrons. The second-order valence-corrected chi connectivity index (χ2v) is 5.91. The molecular weight excluding hydrogens is 304 g/mol. The van der Waals surface area contributed by atoms with Crippen molar-refractivity contribution < 1.29 is 4.79 Å². The number of H-pyrrole nitrogens is 1. The third kappa shape index (κ3) is 2.67. The molecule has 0 aliphatic rings. The molecule has 0 aliphatic heterocycles. The summed E-state index contributed by atoms with van der Waals surface area (Å²) < 4.78 is 1.05. The van der Waals surface area contributed by atoms with Gasteiger partial charge in [0.15, 0.2) is 0 Å². The van der Waals surface area contributed by atoms with Crippen LogP contribution >= 0.6 is 27.3 Å². The number of amides is 1. The number of thiophene rings is 1. The van der Waals surface area contributed by atoms with E-state index in [1.807, 2.05) is 11.4 Å². The number of aromatic amines is 1. The molecule has 3 N–H and O–H groups in total. The van der Waals surface area contributed by atoms with E-state index in [2.05, 4.69) is 26.1 Å². The van der Waals surface area contributed by atoms with Gasteiger partial charge in [-0.25, -0.2) is 0 Å². The van der Waals surface area contributed by atoms with Crippen LogP contribution in [0.4, 0.5) is 5.69 Å². The zero-order valence-corrected chi connectivity index (χ0v) is 11.5. The normalized spacial score (nSPS) is 10.5. The second kappa shape index (κ2) is 4.89. The smallest absolute Gasteiger partial charge is 0.274 e. The lowest BCUT2D eigenvalue weighted by atomic mass is 10.3. The van der Waals surface area contributed by atoms with E-state index in [1.165, 1.54) is 6.20 Å². The lowest BCUT2D eigenvalue weighted by Crippen LogP contribution is -2.27. The maximum atomic E-state index is 12.0. The van der Waals surface area contributed by atoms with Gasteiger partial charge in [-0.3, -0.25) is 9.89 Å². The van der Waals surface area contributed by atoms with Crippen LogP contribution in [0, 0.1) is 0 Å². The Morgan fingerprint density at radius 2 is 2.47 bits per heavy atom. The number of rotatable bonds is 3. The first-order valence-corrected chi connectivity index (χ1v) is 6.52. The van der Waals surface area contributed by atoms with Gasteiger partial charge in [0.1, 0.15) is 5.69 Å². The minimum Gasteiger partial charge on any atom is -0.396 e. The van der Waals surface area contributed by atoms with Crippen molar-refractivity contribution in [3.8, 4) is 0 Å². The van der Waals surface area contributed by atoms with Gasteiger partial charge in [-0.15, -0.1) is 11.3 Å². The number of aromatic nitrogens is 2. The maximum Gasteiger partial charge on any atom is 0.274 e. The highest BCUT2D eigenvalue weighted by Gasteiger charge is 2.16. The summed E-state index contributed by atoms with van der Waals surface area (Å²) in [6.45, 7) is 0.541. The molecule has 5 nitrogen and oxygen atoms in total. The van der Waals surface area contributed by atoms with Gasteiger partial charge in [0.2, 0.25) is 0 Å². The summed E-state index contributed by atoms with van der Waals surface area (Å²) in [5.74, 6) is -0.165. The van der Waals surface area contributed by atoms with E-state index >= 15 is 0 Å². The van der Waals surface area contributed by atoms with Crippen molar-refractivity contribution in [3.05, 3.63) is 32.7 Å². The highest BCUT2D eigenvalue weighted by atomic mass is 79.9. The standard InChI is InChI=1S/C10H11BrN4OS/c1-15(4-6-2-8(11)17-5-6)10(16)9-7(12)3-13-14-9/h2-3,5H,4,12H2,1H3,(H,13,14). The summed E-state index contributed by atoms with van der Waals surface area (Å²) in [6.07, 6.45) is 1.43. The summed E-state index contributed by atoms with van der Waals surface area (Å²) in [6, 6.07) is 1.99. The Labute approximate surface area is 111 Å². The highest BCUT2D eigenvalue weighted by molar-refractivity contribution is 9.11. The fourth-order valence-corrected chi connectivity index (χ4v) is 2.63. The Morgan fingerprint density at radius 3 is 3.00 bits per heavy atom. The minimum atomic E-state index is -0.165. The number of nitrogens with two attached hydrogens (primary N) is 1. The molecule has 1 amide bonds. The van der Waals surface area contributed by atoms with E-state index in [0.717, 1.165) is 9.35 Å². The number of nitrogens with zero attached hydrogens (tertiary/aromatic N) is 2.